The highest BCUT2D eigenvalue weighted by Gasteiger charge is 2.09. The maximum Gasteiger partial charge on any atom is 0.323 e. The number of para-hydroxylation sites is 3. The van der Waals surface area contributed by atoms with Crippen molar-refractivity contribution in [3.05, 3.63) is 84.4 Å². The minimum absolute atomic E-state index is 0.138. The van der Waals surface area contributed by atoms with Crippen molar-refractivity contribution < 1.29 is 14.3 Å². The summed E-state index contributed by atoms with van der Waals surface area (Å²) in [7, 11) is 0. The quantitative estimate of drug-likeness (QED) is 0.438. The second-order valence-corrected chi connectivity index (χ2v) is 6.81. The van der Waals surface area contributed by atoms with Crippen molar-refractivity contribution in [3.63, 3.8) is 0 Å². The first-order chi connectivity index (χ1) is 14.6. The number of nitrogens with one attached hydrogen (secondary N) is 3. The topological polar surface area (TPSA) is 79.5 Å². The van der Waals surface area contributed by atoms with Crippen LogP contribution in [-0.4, -0.2) is 18.5 Å². The van der Waals surface area contributed by atoms with Crippen LogP contribution in [0.4, 0.5) is 21.9 Å². The molecular formula is C24H25N3O3. The maximum atomic E-state index is 12.3. The molecule has 3 amide bonds. The zero-order valence-electron chi connectivity index (χ0n) is 16.9. The van der Waals surface area contributed by atoms with Gasteiger partial charge < -0.3 is 20.7 Å². The van der Waals surface area contributed by atoms with Crippen LogP contribution in [0, 0.1) is 6.92 Å². The van der Waals surface area contributed by atoms with Crippen molar-refractivity contribution in [3.8, 4) is 5.75 Å². The van der Waals surface area contributed by atoms with Crippen LogP contribution >= 0.6 is 0 Å². The van der Waals surface area contributed by atoms with Crippen LogP contribution in [0.3, 0.4) is 0 Å². The van der Waals surface area contributed by atoms with Gasteiger partial charge in [0.2, 0.25) is 5.91 Å². The molecule has 6 heteroatoms. The number of benzene rings is 3. The van der Waals surface area contributed by atoms with Crippen LogP contribution in [0.1, 0.15) is 18.4 Å². The summed E-state index contributed by atoms with van der Waals surface area (Å²) in [4.78, 5) is 24.5. The van der Waals surface area contributed by atoms with Crippen LogP contribution in [0.5, 0.6) is 5.75 Å². The molecule has 0 atom stereocenters. The number of ether oxygens (including phenoxy) is 1. The van der Waals surface area contributed by atoms with E-state index in [2.05, 4.69) is 16.0 Å². The molecule has 30 heavy (non-hydrogen) atoms. The lowest BCUT2D eigenvalue weighted by atomic mass is 10.2. The Balaban J connectivity index is 1.47. The van der Waals surface area contributed by atoms with Crippen LogP contribution in [-0.2, 0) is 4.79 Å². The molecule has 0 bridgehead atoms. The van der Waals surface area contributed by atoms with Crippen molar-refractivity contribution in [1.29, 1.82) is 0 Å². The number of carbonyl (C=O) groups excluding carboxylic acids is 2. The molecule has 0 radical (unpaired) electrons. The Kier molecular flexibility index (Phi) is 7.44. The maximum absolute atomic E-state index is 12.3. The van der Waals surface area contributed by atoms with E-state index in [1.807, 2.05) is 49.4 Å². The van der Waals surface area contributed by atoms with Crippen molar-refractivity contribution >= 4 is 29.0 Å². The highest BCUT2D eigenvalue weighted by Crippen LogP contribution is 2.22. The number of anilines is 3. The summed E-state index contributed by atoms with van der Waals surface area (Å²) < 4.78 is 5.68. The molecule has 0 spiro atoms. The first-order valence-electron chi connectivity index (χ1n) is 9.81. The van der Waals surface area contributed by atoms with Crippen LogP contribution in [0.15, 0.2) is 78.9 Å². The molecule has 0 unspecified atom stereocenters. The number of urea groups is 1. The summed E-state index contributed by atoms with van der Waals surface area (Å²) in [6, 6.07) is 23.7. The van der Waals surface area contributed by atoms with E-state index >= 15 is 0 Å². The first-order valence-corrected chi connectivity index (χ1v) is 9.81. The van der Waals surface area contributed by atoms with Crippen molar-refractivity contribution in [2.75, 3.05) is 22.6 Å². The molecule has 0 saturated heterocycles. The molecule has 0 saturated carbocycles. The second kappa shape index (κ2) is 10.7. The molecule has 0 aromatic heterocycles. The Morgan fingerprint density at radius 2 is 1.50 bits per heavy atom. The largest absolute Gasteiger partial charge is 0.494 e. The van der Waals surface area contributed by atoms with Gasteiger partial charge in [-0.25, -0.2) is 4.79 Å². The average Bonchev–Trinajstić information content (AvgIpc) is 2.73. The molecule has 6 nitrogen and oxygen atoms in total. The molecule has 3 rings (SSSR count). The van der Waals surface area contributed by atoms with E-state index in [1.165, 1.54) is 0 Å². The SMILES string of the molecule is Cc1cccc(OCCCC(=O)Nc2ccccc2NC(=O)Nc2ccccc2)c1. The van der Waals surface area contributed by atoms with E-state index in [9.17, 15) is 9.59 Å². The summed E-state index contributed by atoms with van der Waals surface area (Å²) in [5, 5.41) is 8.37. The van der Waals surface area contributed by atoms with Gasteiger partial charge in [0.05, 0.1) is 18.0 Å². The Morgan fingerprint density at radius 3 is 2.23 bits per heavy atom. The number of amides is 3. The Hall–Kier alpha value is -3.80. The fourth-order valence-electron chi connectivity index (χ4n) is 2.85. The molecule has 0 heterocycles. The summed E-state index contributed by atoms with van der Waals surface area (Å²) in [6.07, 6.45) is 0.903. The molecule has 3 N–H and O–H groups in total. The molecule has 3 aromatic carbocycles. The van der Waals surface area contributed by atoms with Crippen LogP contribution < -0.4 is 20.7 Å². The lowest BCUT2D eigenvalue weighted by molar-refractivity contribution is -0.116. The predicted molar refractivity (Wildman–Crippen MR) is 120 cm³/mol. The zero-order chi connectivity index (χ0) is 21.2. The highest BCUT2D eigenvalue weighted by molar-refractivity contribution is 6.03. The van der Waals surface area contributed by atoms with Gasteiger partial charge in [0.25, 0.3) is 0 Å². The van der Waals surface area contributed by atoms with Gasteiger partial charge in [-0.3, -0.25) is 4.79 Å². The van der Waals surface area contributed by atoms with E-state index in [0.717, 1.165) is 11.3 Å². The van der Waals surface area contributed by atoms with Crippen LogP contribution in [0.25, 0.3) is 0 Å². The molecule has 0 aliphatic heterocycles. The summed E-state index contributed by atoms with van der Waals surface area (Å²) >= 11 is 0. The number of carbonyl (C=O) groups is 2. The first kappa shape index (κ1) is 20.9. The van der Waals surface area contributed by atoms with E-state index in [-0.39, 0.29) is 11.9 Å². The van der Waals surface area contributed by atoms with E-state index in [1.54, 1.807) is 36.4 Å². The standard InChI is InChI=1S/C24H25N3O3/c1-18-9-7-12-20(17-18)30-16-8-15-23(28)26-21-13-5-6-14-22(21)27-24(29)25-19-10-3-2-4-11-19/h2-7,9-14,17H,8,15-16H2,1H3,(H,26,28)(H2,25,27,29). The highest BCUT2D eigenvalue weighted by atomic mass is 16.5. The minimum Gasteiger partial charge on any atom is -0.494 e. The van der Waals surface area contributed by atoms with Crippen molar-refractivity contribution in [1.82, 2.24) is 0 Å². The second-order valence-electron chi connectivity index (χ2n) is 6.81. The smallest absolute Gasteiger partial charge is 0.323 e. The third kappa shape index (κ3) is 6.67. The summed E-state index contributed by atoms with van der Waals surface area (Å²) in [5.41, 5.74) is 2.89. The van der Waals surface area contributed by atoms with Gasteiger partial charge in [0.1, 0.15) is 5.75 Å². The lowest BCUT2D eigenvalue weighted by Gasteiger charge is -2.13. The molecule has 3 aromatic rings. The number of aryl methyl sites for hydroxylation is 1. The monoisotopic (exact) mass is 403 g/mol. The lowest BCUT2D eigenvalue weighted by Crippen LogP contribution is -2.21. The van der Waals surface area contributed by atoms with E-state index in [0.29, 0.717) is 36.5 Å². The molecule has 0 fully saturated rings. The Morgan fingerprint density at radius 1 is 0.800 bits per heavy atom. The predicted octanol–water partition coefficient (Wildman–Crippen LogP) is 5.44. The van der Waals surface area contributed by atoms with Crippen LogP contribution in [0.2, 0.25) is 0 Å². The van der Waals surface area contributed by atoms with E-state index < -0.39 is 0 Å². The molecular weight excluding hydrogens is 378 g/mol. The minimum atomic E-state index is -0.380. The van der Waals surface area contributed by atoms with Gasteiger partial charge in [-0.15, -0.1) is 0 Å². The molecule has 0 aliphatic rings. The van der Waals surface area contributed by atoms with E-state index in [4.69, 9.17) is 4.74 Å². The summed E-state index contributed by atoms with van der Waals surface area (Å²) in [5.74, 6) is 0.662. The normalized spacial score (nSPS) is 10.2. The molecule has 154 valence electrons. The Labute approximate surface area is 176 Å². The third-order valence-electron chi connectivity index (χ3n) is 4.29. The van der Waals surface area contributed by atoms with Gasteiger partial charge in [-0.1, -0.05) is 42.5 Å². The number of hydrogen-bond acceptors (Lipinski definition) is 3. The summed E-state index contributed by atoms with van der Waals surface area (Å²) in [6.45, 7) is 2.46. The fraction of sp³-hybridized carbons (Fsp3) is 0.167. The van der Waals surface area contributed by atoms with Gasteiger partial charge in [0, 0.05) is 12.1 Å². The Bertz CT molecular complexity index is 990. The zero-order valence-corrected chi connectivity index (χ0v) is 16.9. The van der Waals surface area contributed by atoms with Gasteiger partial charge >= 0.3 is 6.03 Å². The van der Waals surface area contributed by atoms with Gasteiger partial charge in [-0.05, 0) is 55.3 Å². The number of rotatable bonds is 8. The fourth-order valence-corrected chi connectivity index (χ4v) is 2.85. The van der Waals surface area contributed by atoms with Crippen molar-refractivity contribution in [2.45, 2.75) is 19.8 Å². The van der Waals surface area contributed by atoms with Gasteiger partial charge in [-0.2, -0.15) is 0 Å². The van der Waals surface area contributed by atoms with Crippen molar-refractivity contribution in [2.24, 2.45) is 0 Å². The average molecular weight is 403 g/mol. The van der Waals surface area contributed by atoms with Gasteiger partial charge in [0.15, 0.2) is 0 Å². The molecule has 0 aliphatic carbocycles. The third-order valence-corrected chi connectivity index (χ3v) is 4.29. The number of hydrogen-bond donors (Lipinski definition) is 3.